The highest BCUT2D eigenvalue weighted by Crippen LogP contribution is 2.26. The van der Waals surface area contributed by atoms with Crippen LogP contribution in [0.2, 0.25) is 5.02 Å². The molecule has 0 amide bonds. The van der Waals surface area contributed by atoms with Gasteiger partial charge in [-0.2, -0.15) is 0 Å². The lowest BCUT2D eigenvalue weighted by molar-refractivity contribution is 1.12. The summed E-state index contributed by atoms with van der Waals surface area (Å²) in [5.41, 5.74) is 2.28. The molecule has 3 heteroatoms. The molecule has 0 unspecified atom stereocenters. The first-order chi connectivity index (χ1) is 7.81. The van der Waals surface area contributed by atoms with Crippen molar-refractivity contribution in [3.8, 4) is 0 Å². The zero-order valence-corrected chi connectivity index (χ0v) is 9.85. The second-order valence-electron chi connectivity index (χ2n) is 3.50. The molecule has 0 radical (unpaired) electrons. The molecule has 0 spiro atoms. The summed E-state index contributed by atoms with van der Waals surface area (Å²) in [5.74, 6) is 0. The summed E-state index contributed by atoms with van der Waals surface area (Å²) in [6.45, 7) is 2.12. The number of rotatable bonds is 3. The first-order valence-corrected chi connectivity index (χ1v) is 5.62. The number of aromatic nitrogens is 2. The van der Waals surface area contributed by atoms with Crippen LogP contribution in [0, 0.1) is 0 Å². The second-order valence-corrected chi connectivity index (χ2v) is 3.90. The van der Waals surface area contributed by atoms with Crippen LogP contribution in [0.1, 0.15) is 18.9 Å². The van der Waals surface area contributed by atoms with Crippen LogP contribution in [0.3, 0.4) is 0 Å². The van der Waals surface area contributed by atoms with Gasteiger partial charge in [-0.25, -0.2) is 4.98 Å². The van der Waals surface area contributed by atoms with E-state index < -0.39 is 0 Å². The Hall–Kier alpha value is -1.54. The average Bonchev–Trinajstić information content (AvgIpc) is 2.80. The van der Waals surface area contributed by atoms with E-state index in [1.54, 1.807) is 12.5 Å². The third kappa shape index (κ3) is 2.34. The molecule has 1 aromatic heterocycles. The minimum absolute atomic E-state index is 0.788. The average molecular weight is 233 g/mol. The maximum absolute atomic E-state index is 6.17. The van der Waals surface area contributed by atoms with Crippen LogP contribution >= 0.6 is 11.6 Å². The number of allylic oxidation sites excluding steroid dienone is 1. The Labute approximate surface area is 100 Å². The van der Waals surface area contributed by atoms with Crippen molar-refractivity contribution < 1.29 is 0 Å². The SMILES string of the molecule is CC/C(=C\n1ccnc1)c1ccccc1Cl. The van der Waals surface area contributed by atoms with E-state index in [1.165, 1.54) is 5.57 Å². The summed E-state index contributed by atoms with van der Waals surface area (Å²) < 4.78 is 1.93. The molecule has 0 atom stereocenters. The van der Waals surface area contributed by atoms with Crippen molar-refractivity contribution in [1.82, 2.24) is 9.55 Å². The molecule has 0 N–H and O–H groups in total. The fraction of sp³-hybridized carbons (Fsp3) is 0.154. The van der Waals surface area contributed by atoms with Crippen molar-refractivity contribution in [1.29, 1.82) is 0 Å². The number of imidazole rings is 1. The predicted molar refractivity (Wildman–Crippen MR) is 68.1 cm³/mol. The van der Waals surface area contributed by atoms with Gasteiger partial charge in [0.25, 0.3) is 0 Å². The van der Waals surface area contributed by atoms with Gasteiger partial charge in [-0.3, -0.25) is 0 Å². The lowest BCUT2D eigenvalue weighted by Gasteiger charge is -2.07. The van der Waals surface area contributed by atoms with Gasteiger partial charge in [0.2, 0.25) is 0 Å². The van der Waals surface area contributed by atoms with Crippen LogP contribution in [-0.2, 0) is 0 Å². The van der Waals surface area contributed by atoms with Gasteiger partial charge in [-0.1, -0.05) is 36.7 Å². The normalized spacial score (nSPS) is 11.8. The van der Waals surface area contributed by atoms with Gasteiger partial charge in [0, 0.05) is 23.6 Å². The van der Waals surface area contributed by atoms with Gasteiger partial charge >= 0.3 is 0 Å². The Bertz CT molecular complexity index is 486. The standard InChI is InChI=1S/C13H13ClN2/c1-2-11(9-16-8-7-15-10-16)12-5-3-4-6-13(12)14/h3-10H,2H2,1H3/b11-9+. The van der Waals surface area contributed by atoms with Gasteiger partial charge in [0.15, 0.2) is 0 Å². The molecular formula is C13H13ClN2. The van der Waals surface area contributed by atoms with E-state index in [0.717, 1.165) is 17.0 Å². The molecular weight excluding hydrogens is 220 g/mol. The van der Waals surface area contributed by atoms with Crippen molar-refractivity contribution in [3.63, 3.8) is 0 Å². The smallest absolute Gasteiger partial charge is 0.0986 e. The summed E-state index contributed by atoms with van der Waals surface area (Å²) in [5, 5.41) is 0.788. The van der Waals surface area contributed by atoms with E-state index >= 15 is 0 Å². The van der Waals surface area contributed by atoms with Gasteiger partial charge in [0.05, 0.1) is 6.33 Å². The Kier molecular flexibility index (Phi) is 3.42. The highest BCUT2D eigenvalue weighted by atomic mass is 35.5. The van der Waals surface area contributed by atoms with Crippen LogP contribution in [-0.4, -0.2) is 9.55 Å². The van der Waals surface area contributed by atoms with Crippen LogP contribution in [0.4, 0.5) is 0 Å². The largest absolute Gasteiger partial charge is 0.313 e. The monoisotopic (exact) mass is 232 g/mol. The van der Waals surface area contributed by atoms with E-state index in [0.29, 0.717) is 0 Å². The Morgan fingerprint density at radius 1 is 1.44 bits per heavy atom. The quantitative estimate of drug-likeness (QED) is 0.784. The molecule has 2 aromatic rings. The third-order valence-corrected chi connectivity index (χ3v) is 2.76. The minimum atomic E-state index is 0.788. The van der Waals surface area contributed by atoms with Gasteiger partial charge in [0.1, 0.15) is 0 Å². The second kappa shape index (κ2) is 4.99. The molecule has 82 valence electrons. The number of hydrogen-bond acceptors (Lipinski definition) is 1. The maximum atomic E-state index is 6.17. The predicted octanol–water partition coefficient (Wildman–Crippen LogP) is 3.94. The van der Waals surface area contributed by atoms with Crippen molar-refractivity contribution in [3.05, 3.63) is 53.6 Å². The fourth-order valence-corrected chi connectivity index (χ4v) is 1.86. The Morgan fingerprint density at radius 3 is 2.88 bits per heavy atom. The topological polar surface area (TPSA) is 17.8 Å². The highest BCUT2D eigenvalue weighted by molar-refractivity contribution is 6.32. The van der Waals surface area contributed by atoms with E-state index in [1.807, 2.05) is 41.2 Å². The number of nitrogens with zero attached hydrogens (tertiary/aromatic N) is 2. The molecule has 2 rings (SSSR count). The zero-order chi connectivity index (χ0) is 11.4. The molecule has 16 heavy (non-hydrogen) atoms. The lowest BCUT2D eigenvalue weighted by atomic mass is 10.0. The van der Waals surface area contributed by atoms with E-state index in [4.69, 9.17) is 11.6 Å². The molecule has 1 aromatic carbocycles. The van der Waals surface area contributed by atoms with Crippen molar-refractivity contribution >= 4 is 23.4 Å². The molecule has 0 saturated heterocycles. The molecule has 2 nitrogen and oxygen atoms in total. The number of hydrogen-bond donors (Lipinski definition) is 0. The van der Waals surface area contributed by atoms with Crippen molar-refractivity contribution in [2.75, 3.05) is 0 Å². The zero-order valence-electron chi connectivity index (χ0n) is 9.10. The lowest BCUT2D eigenvalue weighted by Crippen LogP contribution is -1.88. The summed E-state index contributed by atoms with van der Waals surface area (Å²) >= 11 is 6.17. The van der Waals surface area contributed by atoms with Gasteiger partial charge in [-0.15, -0.1) is 0 Å². The third-order valence-electron chi connectivity index (χ3n) is 2.43. The van der Waals surface area contributed by atoms with Crippen LogP contribution in [0.15, 0.2) is 43.0 Å². The molecule has 0 aliphatic carbocycles. The van der Waals surface area contributed by atoms with Crippen molar-refractivity contribution in [2.45, 2.75) is 13.3 Å². The Morgan fingerprint density at radius 2 is 2.25 bits per heavy atom. The van der Waals surface area contributed by atoms with Crippen LogP contribution in [0.5, 0.6) is 0 Å². The minimum Gasteiger partial charge on any atom is -0.313 e. The molecule has 0 fully saturated rings. The van der Waals surface area contributed by atoms with Crippen molar-refractivity contribution in [2.24, 2.45) is 0 Å². The van der Waals surface area contributed by atoms with Gasteiger partial charge < -0.3 is 4.57 Å². The first-order valence-electron chi connectivity index (χ1n) is 5.24. The summed E-state index contributed by atoms with van der Waals surface area (Å²) in [6.07, 6.45) is 8.42. The summed E-state index contributed by atoms with van der Waals surface area (Å²) in [7, 11) is 0. The van der Waals surface area contributed by atoms with E-state index in [-0.39, 0.29) is 0 Å². The number of benzene rings is 1. The first kappa shape index (κ1) is 11.0. The molecule has 0 aliphatic heterocycles. The number of halogens is 1. The molecule has 0 aliphatic rings. The fourth-order valence-electron chi connectivity index (χ4n) is 1.60. The molecule has 0 saturated carbocycles. The van der Waals surface area contributed by atoms with E-state index in [9.17, 15) is 0 Å². The van der Waals surface area contributed by atoms with Crippen LogP contribution < -0.4 is 0 Å². The summed E-state index contributed by atoms with van der Waals surface area (Å²) in [4.78, 5) is 4.01. The Balaban J connectivity index is 2.41. The molecule has 1 heterocycles. The van der Waals surface area contributed by atoms with Gasteiger partial charge in [-0.05, 0) is 23.6 Å². The highest BCUT2D eigenvalue weighted by Gasteiger charge is 2.03. The van der Waals surface area contributed by atoms with E-state index in [2.05, 4.69) is 11.9 Å². The maximum Gasteiger partial charge on any atom is 0.0986 e. The summed E-state index contributed by atoms with van der Waals surface area (Å²) in [6, 6.07) is 7.89. The molecule has 0 bridgehead atoms. The van der Waals surface area contributed by atoms with Crippen LogP contribution in [0.25, 0.3) is 11.8 Å².